The van der Waals surface area contributed by atoms with Crippen LogP contribution in [-0.4, -0.2) is 25.6 Å². The summed E-state index contributed by atoms with van der Waals surface area (Å²) in [6, 6.07) is 16.5. The predicted molar refractivity (Wildman–Crippen MR) is 120 cm³/mol. The van der Waals surface area contributed by atoms with Gasteiger partial charge in [0.25, 0.3) is 5.91 Å². The maximum atomic E-state index is 12.3. The number of anilines is 1. The molecule has 0 bridgehead atoms. The van der Waals surface area contributed by atoms with Crippen LogP contribution in [0.4, 0.5) is 5.69 Å². The molecule has 0 spiro atoms. The first-order valence-electron chi connectivity index (χ1n) is 10.8. The Hall–Kier alpha value is -2.49. The van der Waals surface area contributed by atoms with Crippen molar-refractivity contribution in [1.82, 2.24) is 5.32 Å². The lowest BCUT2D eigenvalue weighted by Gasteiger charge is -2.33. The van der Waals surface area contributed by atoms with E-state index in [2.05, 4.69) is 55.3 Å². The molecular weight excluding hydrogens is 360 g/mol. The van der Waals surface area contributed by atoms with Gasteiger partial charge >= 0.3 is 0 Å². The van der Waals surface area contributed by atoms with E-state index < -0.39 is 0 Å². The molecule has 1 N–H and O–H groups in total. The zero-order valence-electron chi connectivity index (χ0n) is 18.2. The van der Waals surface area contributed by atoms with Crippen molar-refractivity contribution in [2.24, 2.45) is 5.92 Å². The van der Waals surface area contributed by atoms with Gasteiger partial charge in [-0.05, 0) is 67.0 Å². The van der Waals surface area contributed by atoms with Crippen molar-refractivity contribution in [3.63, 3.8) is 0 Å². The fourth-order valence-corrected chi connectivity index (χ4v) is 3.86. The van der Waals surface area contributed by atoms with Crippen LogP contribution in [0.25, 0.3) is 0 Å². The van der Waals surface area contributed by atoms with Crippen LogP contribution >= 0.6 is 0 Å². The molecule has 2 aromatic rings. The van der Waals surface area contributed by atoms with Gasteiger partial charge in [0.15, 0.2) is 6.61 Å². The van der Waals surface area contributed by atoms with Crippen LogP contribution < -0.4 is 15.0 Å². The molecule has 2 aromatic carbocycles. The van der Waals surface area contributed by atoms with E-state index in [1.807, 2.05) is 31.2 Å². The monoisotopic (exact) mass is 394 g/mol. The summed E-state index contributed by atoms with van der Waals surface area (Å²) in [7, 11) is 0. The van der Waals surface area contributed by atoms with E-state index in [0.29, 0.717) is 5.92 Å². The van der Waals surface area contributed by atoms with Gasteiger partial charge in [-0.3, -0.25) is 4.79 Å². The lowest BCUT2D eigenvalue weighted by molar-refractivity contribution is -0.123. The molecule has 0 aromatic heterocycles. The Morgan fingerprint density at radius 2 is 1.72 bits per heavy atom. The number of nitrogens with one attached hydrogen (secondary N) is 1. The third-order valence-electron chi connectivity index (χ3n) is 5.71. The first kappa shape index (κ1) is 21.2. The standard InChI is InChI=1S/C25H34N2O2/c1-18(2)21-9-13-24(14-10-21)29-17-25(28)26-20(4)22-7-11-23(12-8-22)27-15-5-6-19(3)16-27/h7-14,18-20H,5-6,15-17H2,1-4H3,(H,26,28)/t19-,20-/m1/s1. The molecule has 4 nitrogen and oxygen atoms in total. The van der Waals surface area contributed by atoms with Crippen LogP contribution in [0, 0.1) is 5.92 Å². The summed E-state index contributed by atoms with van der Waals surface area (Å²) >= 11 is 0. The lowest BCUT2D eigenvalue weighted by atomic mass is 9.99. The van der Waals surface area contributed by atoms with Crippen molar-refractivity contribution in [1.29, 1.82) is 0 Å². The van der Waals surface area contributed by atoms with Crippen LogP contribution in [0.1, 0.15) is 63.6 Å². The highest BCUT2D eigenvalue weighted by molar-refractivity contribution is 5.78. The van der Waals surface area contributed by atoms with Crippen molar-refractivity contribution in [3.05, 3.63) is 59.7 Å². The maximum Gasteiger partial charge on any atom is 0.258 e. The van der Waals surface area contributed by atoms with Gasteiger partial charge < -0.3 is 15.0 Å². The second-order valence-electron chi connectivity index (χ2n) is 8.59. The summed E-state index contributed by atoms with van der Waals surface area (Å²) in [5.41, 5.74) is 3.64. The summed E-state index contributed by atoms with van der Waals surface area (Å²) in [4.78, 5) is 14.7. The van der Waals surface area contributed by atoms with E-state index in [4.69, 9.17) is 4.74 Å². The molecule has 4 heteroatoms. The van der Waals surface area contributed by atoms with E-state index in [9.17, 15) is 4.79 Å². The number of hydrogen-bond acceptors (Lipinski definition) is 3. The van der Waals surface area contributed by atoms with Crippen LogP contribution in [0.15, 0.2) is 48.5 Å². The SMILES string of the molecule is CC(C)c1ccc(OCC(=O)N[C@H](C)c2ccc(N3CCC[C@@H](C)C3)cc2)cc1. The van der Waals surface area contributed by atoms with Crippen molar-refractivity contribution in [2.45, 2.75) is 52.5 Å². The van der Waals surface area contributed by atoms with Gasteiger partial charge in [-0.15, -0.1) is 0 Å². The number of carbonyl (C=O) groups excluding carboxylic acids is 1. The van der Waals surface area contributed by atoms with Gasteiger partial charge in [0.05, 0.1) is 6.04 Å². The van der Waals surface area contributed by atoms with E-state index in [-0.39, 0.29) is 18.6 Å². The molecular formula is C25H34N2O2. The van der Waals surface area contributed by atoms with Crippen molar-refractivity contribution in [3.8, 4) is 5.75 Å². The van der Waals surface area contributed by atoms with Gasteiger partial charge in [-0.1, -0.05) is 45.0 Å². The second-order valence-corrected chi connectivity index (χ2v) is 8.59. The molecule has 0 saturated carbocycles. The summed E-state index contributed by atoms with van der Waals surface area (Å²) in [6.07, 6.45) is 2.58. The number of benzene rings is 2. The minimum atomic E-state index is -0.112. The fraction of sp³-hybridized carbons (Fsp3) is 0.480. The number of nitrogens with zero attached hydrogens (tertiary/aromatic N) is 1. The molecule has 1 amide bonds. The number of piperidine rings is 1. The Labute approximate surface area is 175 Å². The van der Waals surface area contributed by atoms with Crippen LogP contribution in [0.2, 0.25) is 0 Å². The summed E-state index contributed by atoms with van der Waals surface area (Å²) in [5, 5.41) is 3.02. The molecule has 1 fully saturated rings. The van der Waals surface area contributed by atoms with Crippen molar-refractivity contribution < 1.29 is 9.53 Å². The largest absolute Gasteiger partial charge is 0.484 e. The molecule has 3 rings (SSSR count). The zero-order chi connectivity index (χ0) is 20.8. The molecule has 0 radical (unpaired) electrons. The highest BCUT2D eigenvalue weighted by Crippen LogP contribution is 2.24. The third-order valence-corrected chi connectivity index (χ3v) is 5.71. The first-order chi connectivity index (χ1) is 13.9. The van der Waals surface area contributed by atoms with Crippen molar-refractivity contribution >= 4 is 11.6 Å². The van der Waals surface area contributed by atoms with E-state index in [0.717, 1.165) is 30.3 Å². The molecule has 0 unspecified atom stereocenters. The quantitative estimate of drug-likeness (QED) is 0.693. The van der Waals surface area contributed by atoms with Gasteiger partial charge in [0.1, 0.15) is 5.75 Å². The van der Waals surface area contributed by atoms with Crippen LogP contribution in [-0.2, 0) is 4.79 Å². The lowest BCUT2D eigenvalue weighted by Crippen LogP contribution is -2.34. The van der Waals surface area contributed by atoms with E-state index in [1.54, 1.807) is 0 Å². The second kappa shape index (κ2) is 9.82. The molecule has 1 aliphatic rings. The van der Waals surface area contributed by atoms with Gasteiger partial charge in [0.2, 0.25) is 0 Å². The average molecular weight is 395 g/mol. The highest BCUT2D eigenvalue weighted by atomic mass is 16.5. The van der Waals surface area contributed by atoms with Gasteiger partial charge in [-0.25, -0.2) is 0 Å². The zero-order valence-corrected chi connectivity index (χ0v) is 18.2. The Balaban J connectivity index is 1.48. The van der Waals surface area contributed by atoms with Crippen LogP contribution in [0.3, 0.4) is 0 Å². The fourth-order valence-electron chi connectivity index (χ4n) is 3.86. The number of amides is 1. The number of rotatable bonds is 7. The Bertz CT molecular complexity index is 783. The topological polar surface area (TPSA) is 41.6 Å². The molecule has 1 heterocycles. The predicted octanol–water partition coefficient (Wildman–Crippen LogP) is 5.30. The Morgan fingerprint density at radius 3 is 2.34 bits per heavy atom. The Kier molecular flexibility index (Phi) is 7.18. The molecule has 156 valence electrons. The molecule has 1 aliphatic heterocycles. The van der Waals surface area contributed by atoms with E-state index in [1.165, 1.54) is 24.1 Å². The number of carbonyl (C=O) groups is 1. The number of ether oxygens (including phenoxy) is 1. The first-order valence-corrected chi connectivity index (χ1v) is 10.8. The van der Waals surface area contributed by atoms with Gasteiger partial charge in [0, 0.05) is 18.8 Å². The molecule has 29 heavy (non-hydrogen) atoms. The summed E-state index contributed by atoms with van der Waals surface area (Å²) < 4.78 is 5.63. The minimum absolute atomic E-state index is 0.0229. The normalized spacial score (nSPS) is 17.8. The highest BCUT2D eigenvalue weighted by Gasteiger charge is 2.17. The molecule has 1 saturated heterocycles. The maximum absolute atomic E-state index is 12.3. The van der Waals surface area contributed by atoms with Gasteiger partial charge in [-0.2, -0.15) is 0 Å². The average Bonchev–Trinajstić information content (AvgIpc) is 2.72. The molecule has 0 aliphatic carbocycles. The van der Waals surface area contributed by atoms with Crippen molar-refractivity contribution in [2.75, 3.05) is 24.6 Å². The minimum Gasteiger partial charge on any atom is -0.484 e. The number of hydrogen-bond donors (Lipinski definition) is 1. The smallest absolute Gasteiger partial charge is 0.258 e. The summed E-state index contributed by atoms with van der Waals surface area (Å²) in [5.74, 6) is 1.85. The van der Waals surface area contributed by atoms with Crippen LogP contribution in [0.5, 0.6) is 5.75 Å². The Morgan fingerprint density at radius 1 is 1.07 bits per heavy atom. The molecule has 2 atom stereocenters. The third kappa shape index (κ3) is 5.99. The van der Waals surface area contributed by atoms with E-state index >= 15 is 0 Å². The summed E-state index contributed by atoms with van der Waals surface area (Å²) in [6.45, 7) is 10.9.